The molecule has 1 spiro atoms. The van der Waals surface area contributed by atoms with Crippen LogP contribution in [0.2, 0.25) is 0 Å². The van der Waals surface area contributed by atoms with Crippen LogP contribution in [0.3, 0.4) is 0 Å². The number of nitrogens with zero attached hydrogens (tertiary/aromatic N) is 1. The Morgan fingerprint density at radius 1 is 1.46 bits per heavy atom. The van der Waals surface area contributed by atoms with Gasteiger partial charge in [-0.1, -0.05) is 6.08 Å². The van der Waals surface area contributed by atoms with Crippen LogP contribution in [-0.4, -0.2) is 36.2 Å². The molecule has 74 valence electrons. The molecule has 1 unspecified atom stereocenters. The molecule has 2 heteroatoms. The van der Waals surface area contributed by atoms with Gasteiger partial charge in [0.15, 0.2) is 0 Å². The molecule has 1 saturated carbocycles. The normalized spacial score (nSPS) is 31.9. The van der Waals surface area contributed by atoms with E-state index in [0.717, 1.165) is 6.54 Å². The Balaban J connectivity index is 1.80. The van der Waals surface area contributed by atoms with E-state index in [0.29, 0.717) is 17.9 Å². The highest BCUT2D eigenvalue weighted by molar-refractivity contribution is 5.04. The summed E-state index contributed by atoms with van der Waals surface area (Å²) >= 11 is 0. The van der Waals surface area contributed by atoms with Gasteiger partial charge in [0.25, 0.3) is 0 Å². The topological polar surface area (TPSA) is 23.5 Å². The van der Waals surface area contributed by atoms with Crippen LogP contribution in [0.4, 0.5) is 0 Å². The molecule has 0 aromatic carbocycles. The minimum atomic E-state index is 0.404. The quantitative estimate of drug-likeness (QED) is 0.663. The van der Waals surface area contributed by atoms with E-state index in [9.17, 15) is 0 Å². The van der Waals surface area contributed by atoms with Crippen LogP contribution in [0.1, 0.15) is 19.3 Å². The highest BCUT2D eigenvalue weighted by Gasteiger charge is 2.53. The summed E-state index contributed by atoms with van der Waals surface area (Å²) in [7, 11) is 0. The fourth-order valence-electron chi connectivity index (χ4n) is 2.67. The van der Waals surface area contributed by atoms with Gasteiger partial charge in [-0.05, 0) is 43.7 Å². The predicted molar refractivity (Wildman–Crippen MR) is 53.5 cm³/mol. The lowest BCUT2D eigenvalue weighted by Gasteiger charge is -2.32. The summed E-state index contributed by atoms with van der Waals surface area (Å²) in [5.74, 6) is 0.624. The van der Waals surface area contributed by atoms with E-state index < -0.39 is 0 Å². The predicted octanol–water partition coefficient (Wildman–Crippen LogP) is 1.27. The number of likely N-dealkylation sites (tertiary alicyclic amines) is 1. The first-order valence-corrected chi connectivity index (χ1v) is 5.25. The molecule has 0 bridgehead atoms. The number of aliphatic hydroxyl groups excluding tert-OH is 1. The summed E-state index contributed by atoms with van der Waals surface area (Å²) in [4.78, 5) is 2.45. The third-order valence-corrected chi connectivity index (χ3v) is 3.82. The monoisotopic (exact) mass is 181 g/mol. The lowest BCUT2D eigenvalue weighted by Crippen LogP contribution is -2.35. The molecule has 1 heterocycles. The van der Waals surface area contributed by atoms with E-state index >= 15 is 0 Å². The zero-order chi connectivity index (χ0) is 9.31. The van der Waals surface area contributed by atoms with Crippen LogP contribution in [0, 0.1) is 11.3 Å². The second-order valence-corrected chi connectivity index (χ2v) is 4.54. The van der Waals surface area contributed by atoms with Crippen LogP contribution in [0.15, 0.2) is 12.7 Å². The van der Waals surface area contributed by atoms with Gasteiger partial charge in [0.05, 0.1) is 0 Å². The fraction of sp³-hybridized carbons (Fsp3) is 0.818. The van der Waals surface area contributed by atoms with Crippen LogP contribution in [0.5, 0.6) is 0 Å². The van der Waals surface area contributed by atoms with E-state index in [1.165, 1.54) is 32.4 Å². The standard InChI is InChI=1S/C11H19NO/c1-2-5-12-6-3-11(4-7-12)8-10(11)9-13/h2,10,13H,1,3-9H2. The van der Waals surface area contributed by atoms with Crippen molar-refractivity contribution in [3.63, 3.8) is 0 Å². The van der Waals surface area contributed by atoms with Crippen molar-refractivity contribution in [2.45, 2.75) is 19.3 Å². The van der Waals surface area contributed by atoms with Crippen molar-refractivity contribution in [1.29, 1.82) is 0 Å². The van der Waals surface area contributed by atoms with Gasteiger partial charge in [-0.2, -0.15) is 0 Å². The van der Waals surface area contributed by atoms with Gasteiger partial charge in [-0.15, -0.1) is 6.58 Å². The van der Waals surface area contributed by atoms with Gasteiger partial charge in [0, 0.05) is 13.2 Å². The van der Waals surface area contributed by atoms with Crippen molar-refractivity contribution >= 4 is 0 Å². The Morgan fingerprint density at radius 2 is 2.15 bits per heavy atom. The molecule has 2 rings (SSSR count). The first kappa shape index (κ1) is 9.22. The van der Waals surface area contributed by atoms with Crippen LogP contribution >= 0.6 is 0 Å². The Morgan fingerprint density at radius 3 is 2.62 bits per heavy atom. The number of rotatable bonds is 3. The number of hydrogen-bond acceptors (Lipinski definition) is 2. The van der Waals surface area contributed by atoms with E-state index in [1.54, 1.807) is 0 Å². The molecule has 0 radical (unpaired) electrons. The summed E-state index contributed by atoms with van der Waals surface area (Å²) in [6.07, 6.45) is 5.82. The lowest BCUT2D eigenvalue weighted by molar-refractivity contribution is 0.158. The van der Waals surface area contributed by atoms with E-state index in [-0.39, 0.29) is 0 Å². The number of piperidine rings is 1. The van der Waals surface area contributed by atoms with Gasteiger partial charge in [-0.25, -0.2) is 0 Å². The highest BCUT2D eigenvalue weighted by atomic mass is 16.3. The maximum Gasteiger partial charge on any atom is 0.0464 e. The van der Waals surface area contributed by atoms with Gasteiger partial charge >= 0.3 is 0 Å². The zero-order valence-corrected chi connectivity index (χ0v) is 8.21. The Bertz CT molecular complexity index is 194. The minimum Gasteiger partial charge on any atom is -0.396 e. The summed E-state index contributed by atoms with van der Waals surface area (Å²) in [5, 5.41) is 9.06. The highest BCUT2D eigenvalue weighted by Crippen LogP contribution is 2.58. The maximum atomic E-state index is 9.06. The summed E-state index contributed by atoms with van der Waals surface area (Å²) in [5.41, 5.74) is 0.548. The second-order valence-electron chi connectivity index (χ2n) is 4.54. The molecule has 0 aromatic rings. The van der Waals surface area contributed by atoms with Crippen molar-refractivity contribution in [2.24, 2.45) is 11.3 Å². The molecular formula is C11H19NO. The molecule has 0 amide bonds. The average molecular weight is 181 g/mol. The molecule has 1 aliphatic carbocycles. The van der Waals surface area contributed by atoms with E-state index in [4.69, 9.17) is 5.11 Å². The van der Waals surface area contributed by atoms with Crippen LogP contribution in [-0.2, 0) is 0 Å². The Hall–Kier alpha value is -0.340. The van der Waals surface area contributed by atoms with Gasteiger partial charge in [-0.3, -0.25) is 4.90 Å². The van der Waals surface area contributed by atoms with Crippen molar-refractivity contribution in [3.05, 3.63) is 12.7 Å². The molecule has 0 aromatic heterocycles. The molecule has 1 atom stereocenters. The van der Waals surface area contributed by atoms with Crippen LogP contribution in [0.25, 0.3) is 0 Å². The smallest absolute Gasteiger partial charge is 0.0464 e. The zero-order valence-electron chi connectivity index (χ0n) is 8.21. The summed E-state index contributed by atoms with van der Waals surface area (Å²) in [6, 6.07) is 0. The Labute approximate surface area is 80.2 Å². The van der Waals surface area contributed by atoms with E-state index in [2.05, 4.69) is 11.5 Å². The first-order chi connectivity index (χ1) is 6.30. The van der Waals surface area contributed by atoms with E-state index in [1.807, 2.05) is 6.08 Å². The van der Waals surface area contributed by atoms with Crippen molar-refractivity contribution < 1.29 is 5.11 Å². The van der Waals surface area contributed by atoms with Gasteiger partial charge in [0.2, 0.25) is 0 Å². The molecule has 2 nitrogen and oxygen atoms in total. The van der Waals surface area contributed by atoms with Crippen molar-refractivity contribution in [1.82, 2.24) is 4.90 Å². The Kier molecular flexibility index (Phi) is 2.43. The van der Waals surface area contributed by atoms with Gasteiger partial charge in [0.1, 0.15) is 0 Å². The average Bonchev–Trinajstić information content (AvgIpc) is 2.84. The fourth-order valence-corrected chi connectivity index (χ4v) is 2.67. The molecule has 1 N–H and O–H groups in total. The molecular weight excluding hydrogens is 162 g/mol. The third kappa shape index (κ3) is 1.65. The van der Waals surface area contributed by atoms with Crippen LogP contribution < -0.4 is 0 Å². The minimum absolute atomic E-state index is 0.404. The van der Waals surface area contributed by atoms with Gasteiger partial charge < -0.3 is 5.11 Å². The lowest BCUT2D eigenvalue weighted by atomic mass is 9.91. The summed E-state index contributed by atoms with van der Waals surface area (Å²) < 4.78 is 0. The van der Waals surface area contributed by atoms with Crippen molar-refractivity contribution in [3.8, 4) is 0 Å². The van der Waals surface area contributed by atoms with Crippen molar-refractivity contribution in [2.75, 3.05) is 26.2 Å². The number of hydrogen-bond donors (Lipinski definition) is 1. The SMILES string of the molecule is C=CCN1CCC2(CC1)CC2CO. The largest absolute Gasteiger partial charge is 0.396 e. The second kappa shape index (κ2) is 3.43. The first-order valence-electron chi connectivity index (χ1n) is 5.25. The number of aliphatic hydroxyl groups is 1. The maximum absolute atomic E-state index is 9.06. The molecule has 2 fully saturated rings. The summed E-state index contributed by atoms with van der Waals surface area (Å²) in [6.45, 7) is 7.58. The molecule has 2 aliphatic rings. The molecule has 1 saturated heterocycles. The third-order valence-electron chi connectivity index (χ3n) is 3.82. The molecule has 13 heavy (non-hydrogen) atoms. The molecule has 1 aliphatic heterocycles.